The van der Waals surface area contributed by atoms with Gasteiger partial charge in [-0.1, -0.05) is 32.3 Å². The Hall–Kier alpha value is -3.47. The quantitative estimate of drug-likeness (QED) is 0.345. The molecule has 206 valence electrons. The van der Waals surface area contributed by atoms with E-state index in [4.69, 9.17) is 4.74 Å². The van der Waals surface area contributed by atoms with Crippen LogP contribution in [0.5, 0.6) is 5.75 Å². The summed E-state index contributed by atoms with van der Waals surface area (Å²) < 4.78 is 5.37. The number of aliphatic hydroxyl groups excluding tert-OH is 1. The van der Waals surface area contributed by atoms with E-state index in [1.165, 1.54) is 12.0 Å². The van der Waals surface area contributed by atoms with Gasteiger partial charge in [0.2, 0.25) is 11.8 Å². The molecule has 1 saturated heterocycles. The summed E-state index contributed by atoms with van der Waals surface area (Å²) in [7, 11) is 1.53. The lowest BCUT2D eigenvalue weighted by Gasteiger charge is -2.33. The van der Waals surface area contributed by atoms with E-state index in [2.05, 4.69) is 27.5 Å². The Kier molecular flexibility index (Phi) is 8.98. The summed E-state index contributed by atoms with van der Waals surface area (Å²) in [5, 5.41) is 14.8. The number of rotatable bonds is 11. The Labute approximate surface area is 221 Å². The van der Waals surface area contributed by atoms with Crippen molar-refractivity contribution in [3.05, 3.63) is 24.0 Å². The van der Waals surface area contributed by atoms with Gasteiger partial charge >= 0.3 is 0 Å². The van der Waals surface area contributed by atoms with E-state index in [-0.39, 0.29) is 30.6 Å². The Bertz CT molecular complexity index is 1180. The molecular weight excluding hydrogens is 490 g/mol. The third kappa shape index (κ3) is 6.32. The monoisotopic (exact) mass is 527 g/mol. The van der Waals surface area contributed by atoms with Crippen molar-refractivity contribution in [2.24, 2.45) is 17.8 Å². The van der Waals surface area contributed by atoms with Crippen LogP contribution in [0.25, 0.3) is 11.0 Å². The molecule has 2 unspecified atom stereocenters. The molecule has 3 amide bonds. The standard InChI is InChI=1S/C27H37N5O6/c1-16-6-3-4-7-18(16)13-32(27(37)25-30-19-8-5-9-22(38-2)24(19)31-25)14-23(35)29-20(21(34)15-33)12-17-10-11-28-26(17)36/h5,8-9,16-18,20,33H,3-4,6-7,10-15H2,1-2H3,(H,28,36)(H,29,35)(H,30,31)/t16?,17-,18?,20-/m0/s1. The van der Waals surface area contributed by atoms with Crippen LogP contribution in [0.15, 0.2) is 18.2 Å². The Balaban J connectivity index is 1.53. The SMILES string of the molecule is COc1cccc2[nH]c(C(=O)N(CC(=O)N[C@@H](C[C@@H]3CCNC3=O)C(=O)CO)CC3CCCCC3C)nc12. The molecule has 2 aromatic rings. The topological polar surface area (TPSA) is 154 Å². The van der Waals surface area contributed by atoms with Gasteiger partial charge in [-0.2, -0.15) is 0 Å². The van der Waals surface area contributed by atoms with Gasteiger partial charge in [-0.3, -0.25) is 19.2 Å². The molecule has 1 aromatic carbocycles. The summed E-state index contributed by atoms with van der Waals surface area (Å²) in [4.78, 5) is 60.3. The van der Waals surface area contributed by atoms with Crippen molar-refractivity contribution in [2.75, 3.05) is 33.4 Å². The number of carbonyl (C=O) groups excluding carboxylic acids is 4. The third-order valence-corrected chi connectivity index (χ3v) is 7.83. The van der Waals surface area contributed by atoms with Crippen LogP contribution in [-0.2, 0) is 14.4 Å². The molecule has 2 fully saturated rings. The number of benzene rings is 1. The van der Waals surface area contributed by atoms with E-state index in [0.29, 0.717) is 42.2 Å². The van der Waals surface area contributed by atoms with E-state index in [0.717, 1.165) is 25.7 Å². The number of H-pyrrole nitrogens is 1. The number of imidazole rings is 1. The van der Waals surface area contributed by atoms with E-state index in [9.17, 15) is 24.3 Å². The smallest absolute Gasteiger partial charge is 0.290 e. The van der Waals surface area contributed by atoms with E-state index < -0.39 is 36.2 Å². The number of nitrogens with one attached hydrogen (secondary N) is 3. The van der Waals surface area contributed by atoms with Gasteiger partial charge in [-0.25, -0.2) is 4.98 Å². The maximum atomic E-state index is 13.7. The summed E-state index contributed by atoms with van der Waals surface area (Å²) in [5.41, 5.74) is 1.17. The van der Waals surface area contributed by atoms with Crippen LogP contribution in [0.1, 0.15) is 56.1 Å². The van der Waals surface area contributed by atoms with Crippen molar-refractivity contribution >= 4 is 34.5 Å². The fourth-order valence-corrected chi connectivity index (χ4v) is 5.54. The number of methoxy groups -OCH3 is 1. The maximum absolute atomic E-state index is 13.7. The Morgan fingerprint density at radius 2 is 2.03 bits per heavy atom. The molecular formula is C27H37N5O6. The van der Waals surface area contributed by atoms with E-state index in [1.54, 1.807) is 18.2 Å². The summed E-state index contributed by atoms with van der Waals surface area (Å²) >= 11 is 0. The molecule has 2 heterocycles. The summed E-state index contributed by atoms with van der Waals surface area (Å²) in [6.45, 7) is 2.04. The average molecular weight is 528 g/mol. The molecule has 0 bridgehead atoms. The maximum Gasteiger partial charge on any atom is 0.290 e. The minimum absolute atomic E-state index is 0.103. The number of aliphatic hydroxyl groups is 1. The number of aromatic nitrogens is 2. The van der Waals surface area contributed by atoms with Crippen molar-refractivity contribution in [3.63, 3.8) is 0 Å². The van der Waals surface area contributed by atoms with Crippen LogP contribution in [-0.4, -0.2) is 82.9 Å². The predicted octanol–water partition coefficient (Wildman–Crippen LogP) is 1.41. The first-order valence-corrected chi connectivity index (χ1v) is 13.3. The zero-order chi connectivity index (χ0) is 27.2. The highest BCUT2D eigenvalue weighted by Gasteiger charge is 2.33. The van der Waals surface area contributed by atoms with Crippen LogP contribution in [0.4, 0.5) is 0 Å². The number of fused-ring (bicyclic) bond motifs is 1. The van der Waals surface area contributed by atoms with Gasteiger partial charge in [-0.05, 0) is 43.2 Å². The summed E-state index contributed by atoms with van der Waals surface area (Å²) in [6.07, 6.45) is 4.91. The fourth-order valence-electron chi connectivity index (χ4n) is 5.54. The largest absolute Gasteiger partial charge is 0.494 e. The lowest BCUT2D eigenvalue weighted by Crippen LogP contribution is -2.50. The first-order valence-electron chi connectivity index (χ1n) is 13.3. The van der Waals surface area contributed by atoms with Crippen LogP contribution >= 0.6 is 0 Å². The number of hydrogen-bond donors (Lipinski definition) is 4. The van der Waals surface area contributed by atoms with Gasteiger partial charge in [-0.15, -0.1) is 0 Å². The number of carbonyl (C=O) groups is 4. The molecule has 0 radical (unpaired) electrons. The lowest BCUT2D eigenvalue weighted by atomic mass is 9.80. The van der Waals surface area contributed by atoms with Crippen LogP contribution in [0.2, 0.25) is 0 Å². The number of para-hydroxylation sites is 1. The Morgan fingerprint density at radius 3 is 2.71 bits per heavy atom. The fraction of sp³-hybridized carbons (Fsp3) is 0.593. The highest BCUT2D eigenvalue weighted by Crippen LogP contribution is 2.31. The third-order valence-electron chi connectivity index (χ3n) is 7.83. The van der Waals surface area contributed by atoms with Gasteiger partial charge < -0.3 is 30.4 Å². The van der Waals surface area contributed by atoms with Crippen molar-refractivity contribution < 1.29 is 29.0 Å². The van der Waals surface area contributed by atoms with E-state index >= 15 is 0 Å². The molecule has 11 nitrogen and oxygen atoms in total. The highest BCUT2D eigenvalue weighted by molar-refractivity contribution is 5.98. The first kappa shape index (κ1) is 27.6. The minimum Gasteiger partial charge on any atom is -0.494 e. The average Bonchev–Trinajstić information content (AvgIpc) is 3.54. The number of Topliss-reactive ketones (excluding diaryl/α,β-unsaturated/α-hetero) is 1. The summed E-state index contributed by atoms with van der Waals surface area (Å²) in [5.74, 6) is -0.825. The molecule has 1 aliphatic heterocycles. The van der Waals surface area contributed by atoms with Crippen LogP contribution in [0, 0.1) is 17.8 Å². The molecule has 4 N–H and O–H groups in total. The van der Waals surface area contributed by atoms with Gasteiger partial charge in [0.1, 0.15) is 17.9 Å². The Morgan fingerprint density at radius 1 is 1.24 bits per heavy atom. The molecule has 1 aromatic heterocycles. The van der Waals surface area contributed by atoms with Crippen molar-refractivity contribution in [1.29, 1.82) is 0 Å². The second-order valence-corrected chi connectivity index (χ2v) is 10.4. The minimum atomic E-state index is -1.01. The molecule has 0 spiro atoms. The van der Waals surface area contributed by atoms with E-state index in [1.807, 2.05) is 0 Å². The number of nitrogens with zero attached hydrogens (tertiary/aromatic N) is 2. The first-order chi connectivity index (χ1) is 18.3. The zero-order valence-electron chi connectivity index (χ0n) is 22.0. The number of ether oxygens (including phenoxy) is 1. The van der Waals surface area contributed by atoms with Gasteiger partial charge in [0.05, 0.1) is 25.2 Å². The number of hydrogen-bond acceptors (Lipinski definition) is 7. The molecule has 1 saturated carbocycles. The number of amides is 3. The van der Waals surface area contributed by atoms with Crippen LogP contribution in [0.3, 0.4) is 0 Å². The molecule has 4 atom stereocenters. The normalized spacial score (nSPS) is 22.1. The predicted molar refractivity (Wildman–Crippen MR) is 139 cm³/mol. The molecule has 38 heavy (non-hydrogen) atoms. The zero-order valence-corrected chi connectivity index (χ0v) is 22.0. The summed E-state index contributed by atoms with van der Waals surface area (Å²) in [6, 6.07) is 4.34. The van der Waals surface area contributed by atoms with Gasteiger partial charge in [0.15, 0.2) is 11.6 Å². The molecule has 4 rings (SSSR count). The van der Waals surface area contributed by atoms with Crippen LogP contribution < -0.4 is 15.4 Å². The molecule has 2 aliphatic rings. The number of aromatic amines is 1. The second kappa shape index (κ2) is 12.4. The van der Waals surface area contributed by atoms with Crippen molar-refractivity contribution in [1.82, 2.24) is 25.5 Å². The lowest BCUT2D eigenvalue weighted by molar-refractivity contribution is -0.131. The highest BCUT2D eigenvalue weighted by atomic mass is 16.5. The van der Waals surface area contributed by atoms with Gasteiger partial charge in [0, 0.05) is 19.0 Å². The van der Waals surface area contributed by atoms with Gasteiger partial charge in [0.25, 0.3) is 5.91 Å². The second-order valence-electron chi connectivity index (χ2n) is 10.4. The van der Waals surface area contributed by atoms with Crippen molar-refractivity contribution in [2.45, 2.75) is 51.5 Å². The molecule has 11 heteroatoms. The number of ketones is 1. The molecule has 1 aliphatic carbocycles. The van der Waals surface area contributed by atoms with Crippen molar-refractivity contribution in [3.8, 4) is 5.75 Å².